The summed E-state index contributed by atoms with van der Waals surface area (Å²) in [5, 5.41) is 9.18. The molecule has 0 radical (unpaired) electrons. The molecule has 0 saturated heterocycles. The summed E-state index contributed by atoms with van der Waals surface area (Å²) in [6.07, 6.45) is 0.900. The summed E-state index contributed by atoms with van der Waals surface area (Å²) in [5.41, 5.74) is 15.0. The normalized spacial score (nSPS) is 12.6. The zero-order chi connectivity index (χ0) is 49.2. The van der Waals surface area contributed by atoms with Crippen LogP contribution in [0.1, 0.15) is 59.7 Å². The number of hydrogen-bond donors (Lipinski definition) is 7. The molecule has 2 atom stereocenters. The van der Waals surface area contributed by atoms with Crippen molar-refractivity contribution in [3.8, 4) is 0 Å². The Hall–Kier alpha value is -5.27. The summed E-state index contributed by atoms with van der Waals surface area (Å²) in [6, 6.07) is 5.74. The minimum Gasteiger partial charge on any atom is -0.441 e. The highest BCUT2D eigenvalue weighted by atomic mass is 16.6. The first-order valence-electron chi connectivity index (χ1n) is 22.6. The van der Waals surface area contributed by atoms with Gasteiger partial charge in [-0.25, -0.2) is 20.6 Å². The summed E-state index contributed by atoms with van der Waals surface area (Å²) in [6.45, 7) is 12.3. The number of pyridine rings is 1. The number of rotatable bonds is 34. The number of nitrogen functional groups attached to an aromatic ring is 1. The van der Waals surface area contributed by atoms with E-state index in [-0.39, 0.29) is 71.0 Å². The van der Waals surface area contributed by atoms with Crippen molar-refractivity contribution in [2.24, 2.45) is 17.5 Å². The first-order chi connectivity index (χ1) is 32.1. The summed E-state index contributed by atoms with van der Waals surface area (Å²) < 4.78 is 40.4. The highest BCUT2D eigenvalue weighted by molar-refractivity contribution is 6.06. The van der Waals surface area contributed by atoms with Crippen LogP contribution in [0, 0.1) is 5.92 Å². The third-order valence-electron chi connectivity index (χ3n) is 10.0. The Labute approximate surface area is 392 Å². The molecule has 376 valence electrons. The van der Waals surface area contributed by atoms with Crippen molar-refractivity contribution in [2.75, 3.05) is 105 Å². The molecule has 2 heterocycles. The molecule has 0 aliphatic rings. The van der Waals surface area contributed by atoms with Crippen LogP contribution in [0.5, 0.6) is 0 Å². The number of nitrogens with one attached hydrogen (secondary N) is 4. The van der Waals surface area contributed by atoms with Crippen LogP contribution in [-0.4, -0.2) is 166 Å². The van der Waals surface area contributed by atoms with Gasteiger partial charge in [0, 0.05) is 32.1 Å². The molecule has 10 N–H and O–H groups in total. The van der Waals surface area contributed by atoms with Crippen molar-refractivity contribution in [3.63, 3.8) is 0 Å². The molecule has 2 aromatic heterocycles. The molecule has 0 unspecified atom stereocenters. The molecule has 23 heteroatoms. The lowest BCUT2D eigenvalue weighted by molar-refractivity contribution is -0.134. The molecule has 1 aromatic carbocycles. The summed E-state index contributed by atoms with van der Waals surface area (Å²) in [4.78, 5) is 74.8. The van der Waals surface area contributed by atoms with E-state index in [1.165, 1.54) is 4.90 Å². The highest BCUT2D eigenvalue weighted by Gasteiger charge is 2.31. The Kier molecular flexibility index (Phi) is 25.2. The second kappa shape index (κ2) is 30.2. The van der Waals surface area contributed by atoms with Crippen molar-refractivity contribution in [1.82, 2.24) is 40.8 Å². The van der Waals surface area contributed by atoms with E-state index in [4.69, 9.17) is 55.5 Å². The summed E-state index contributed by atoms with van der Waals surface area (Å²) >= 11 is 0. The van der Waals surface area contributed by atoms with Crippen molar-refractivity contribution in [3.05, 3.63) is 30.1 Å². The molecular weight excluding hydrogens is 875 g/mol. The van der Waals surface area contributed by atoms with Gasteiger partial charge < -0.3 is 70.0 Å². The molecule has 3 aromatic rings. The van der Waals surface area contributed by atoms with E-state index in [0.717, 1.165) is 10.9 Å². The number of amides is 5. The summed E-state index contributed by atoms with van der Waals surface area (Å²) in [7, 11) is 1.57. The Bertz CT molecular complexity index is 2000. The molecule has 0 bridgehead atoms. The molecule has 0 aliphatic heterocycles. The number of carbonyl (C=O) groups is 5. The molecule has 67 heavy (non-hydrogen) atoms. The van der Waals surface area contributed by atoms with Crippen molar-refractivity contribution in [2.45, 2.75) is 84.7 Å². The number of imidazole rings is 1. The number of nitrogens with zero attached hydrogens (tertiary/aromatic N) is 4. The maximum atomic E-state index is 13.5. The quantitative estimate of drug-likeness (QED) is 0.0185. The van der Waals surface area contributed by atoms with Crippen LogP contribution >= 0.6 is 0 Å². The van der Waals surface area contributed by atoms with Gasteiger partial charge in [-0.3, -0.25) is 24.6 Å². The van der Waals surface area contributed by atoms with E-state index in [0.29, 0.717) is 82.3 Å². The second-order valence-electron chi connectivity index (χ2n) is 16.4. The van der Waals surface area contributed by atoms with Gasteiger partial charge in [-0.1, -0.05) is 32.0 Å². The number of ether oxygens (including phenoxy) is 7. The maximum Gasteiger partial charge on any atom is 0.410 e. The lowest BCUT2D eigenvalue weighted by Crippen LogP contribution is -2.56. The van der Waals surface area contributed by atoms with E-state index in [2.05, 4.69) is 20.9 Å². The fourth-order valence-electron chi connectivity index (χ4n) is 6.59. The zero-order valence-electron chi connectivity index (χ0n) is 39.9. The first kappa shape index (κ1) is 56.1. The number of anilines is 1. The predicted molar refractivity (Wildman–Crippen MR) is 249 cm³/mol. The van der Waals surface area contributed by atoms with Gasteiger partial charge in [-0.15, -0.1) is 0 Å². The molecule has 0 spiro atoms. The maximum absolute atomic E-state index is 13.5. The number of fused-ring (bicyclic) bond motifs is 3. The highest BCUT2D eigenvalue weighted by Crippen LogP contribution is 2.31. The topological polar surface area (TPSA) is 310 Å². The Balaban J connectivity index is 1.44. The third-order valence-corrected chi connectivity index (χ3v) is 10.0. The van der Waals surface area contributed by atoms with Gasteiger partial charge >= 0.3 is 6.09 Å². The standard InChI is InChI=1S/C44H73N11O12/c1-7-61-26-34-51-38-39(31-12-8-9-13-32(31)49-40(38)46)55(34)29-44(4,5)67-43(60)54(6)17-16-48-41(58)33(14-10-11-15-45)50-42(59)37(30(2)3)52-35(56)27-65-24-22-63-20-18-62-19-21-64-23-25-66-28-36(57)53-47/h8-9,12-13,30,33,37H,7,10-11,14-29,45,47H2,1-6H3,(H2,46,49)(H,48,58)(H,50,59)(H,52,56)(H,53,57)/t33-,37-/m0/s1. The molecule has 5 amide bonds. The van der Waals surface area contributed by atoms with Gasteiger partial charge in [0.2, 0.25) is 17.7 Å². The predicted octanol–water partition coefficient (Wildman–Crippen LogP) is 0.494. The monoisotopic (exact) mass is 948 g/mol. The van der Waals surface area contributed by atoms with Crippen LogP contribution in [0.15, 0.2) is 24.3 Å². The number of benzene rings is 1. The average molecular weight is 948 g/mol. The smallest absolute Gasteiger partial charge is 0.410 e. The van der Waals surface area contributed by atoms with E-state index >= 15 is 0 Å². The van der Waals surface area contributed by atoms with Crippen LogP contribution in [0.3, 0.4) is 0 Å². The van der Waals surface area contributed by atoms with E-state index in [1.807, 2.05) is 41.2 Å². The van der Waals surface area contributed by atoms with Crippen LogP contribution < -0.4 is 38.7 Å². The van der Waals surface area contributed by atoms with E-state index in [9.17, 15) is 24.0 Å². The van der Waals surface area contributed by atoms with Crippen molar-refractivity contribution in [1.29, 1.82) is 0 Å². The fourth-order valence-corrected chi connectivity index (χ4v) is 6.59. The lowest BCUT2D eigenvalue weighted by Gasteiger charge is -2.29. The summed E-state index contributed by atoms with van der Waals surface area (Å²) in [5.74, 6) is 3.64. The molecule has 0 fully saturated rings. The molecule has 0 saturated carbocycles. The Morgan fingerprint density at radius 1 is 0.821 bits per heavy atom. The van der Waals surface area contributed by atoms with E-state index in [1.54, 1.807) is 34.7 Å². The Morgan fingerprint density at radius 2 is 1.43 bits per heavy atom. The Morgan fingerprint density at radius 3 is 2.03 bits per heavy atom. The first-order valence-corrected chi connectivity index (χ1v) is 22.6. The molecule has 23 nitrogen and oxygen atoms in total. The number of aromatic nitrogens is 3. The fraction of sp³-hybridized carbons (Fsp3) is 0.659. The molecular formula is C44H73N11O12. The number of hydrogen-bond acceptors (Lipinski definition) is 17. The molecule has 0 aliphatic carbocycles. The van der Waals surface area contributed by atoms with Crippen molar-refractivity contribution < 1.29 is 57.1 Å². The van der Waals surface area contributed by atoms with Crippen LogP contribution in [0.25, 0.3) is 21.9 Å². The number of carbonyl (C=O) groups excluding carboxylic acids is 5. The number of likely N-dealkylation sites (N-methyl/N-ethyl adjacent to an activating group) is 1. The largest absolute Gasteiger partial charge is 0.441 e. The second-order valence-corrected chi connectivity index (χ2v) is 16.4. The SMILES string of the molecule is CCOCc1nc2c(N)nc3ccccc3c2n1CC(C)(C)OC(=O)N(C)CCNC(=O)[C@H](CCCCN)NC(=O)[C@@H](NC(=O)COCCOCCOCCOCCOCC(=O)NN)C(C)C. The lowest BCUT2D eigenvalue weighted by atomic mass is 10.0. The molecule has 3 rings (SSSR count). The van der Waals surface area contributed by atoms with Crippen LogP contribution in [0.2, 0.25) is 0 Å². The number of unbranched alkanes of at least 4 members (excludes halogenated alkanes) is 1. The minimum atomic E-state index is -1.02. The minimum absolute atomic E-state index is 0.0706. The van der Waals surface area contributed by atoms with Crippen molar-refractivity contribution >= 4 is 57.5 Å². The number of hydrazine groups is 1. The van der Waals surface area contributed by atoms with Gasteiger partial charge in [-0.2, -0.15) is 0 Å². The third kappa shape index (κ3) is 19.8. The zero-order valence-corrected chi connectivity index (χ0v) is 39.9. The van der Waals surface area contributed by atoms with Gasteiger partial charge in [0.15, 0.2) is 5.82 Å². The van der Waals surface area contributed by atoms with Gasteiger partial charge in [0.25, 0.3) is 5.91 Å². The van der Waals surface area contributed by atoms with Crippen LogP contribution in [0.4, 0.5) is 10.6 Å². The van der Waals surface area contributed by atoms with Gasteiger partial charge in [-0.05, 0) is 58.6 Å². The number of nitrogens with two attached hydrogens (primary N) is 3. The van der Waals surface area contributed by atoms with E-state index < -0.39 is 47.4 Å². The van der Waals surface area contributed by atoms with Gasteiger partial charge in [0.05, 0.1) is 70.4 Å². The average Bonchev–Trinajstić information content (AvgIpc) is 3.65. The number of para-hydroxylation sites is 1. The van der Waals surface area contributed by atoms with Gasteiger partial charge in [0.1, 0.15) is 48.8 Å². The van der Waals surface area contributed by atoms with Crippen LogP contribution in [-0.2, 0) is 65.5 Å².